The van der Waals surface area contributed by atoms with E-state index in [9.17, 15) is 4.79 Å². The minimum Gasteiger partial charge on any atom is -0.341 e. The number of amides is 1. The van der Waals surface area contributed by atoms with Crippen LogP contribution in [0.3, 0.4) is 0 Å². The van der Waals surface area contributed by atoms with Crippen molar-refractivity contribution >= 4 is 73.9 Å². The van der Waals surface area contributed by atoms with Crippen LogP contribution in [-0.2, 0) is 4.79 Å². The van der Waals surface area contributed by atoms with Gasteiger partial charge in [0.05, 0.1) is 5.69 Å². The van der Waals surface area contributed by atoms with E-state index in [1.807, 2.05) is 62.4 Å². The van der Waals surface area contributed by atoms with Crippen molar-refractivity contribution in [2.75, 3.05) is 10.2 Å². The Morgan fingerprint density at radius 3 is 2.52 bits per heavy atom. The van der Waals surface area contributed by atoms with Crippen LogP contribution in [-0.4, -0.2) is 19.1 Å². The van der Waals surface area contributed by atoms with E-state index >= 15 is 0 Å². The second-order valence-corrected chi connectivity index (χ2v) is 9.39. The molecule has 0 aromatic heterocycles. The van der Waals surface area contributed by atoms with Crippen LogP contribution in [0.25, 0.3) is 0 Å². The van der Waals surface area contributed by atoms with E-state index in [1.54, 1.807) is 4.90 Å². The van der Waals surface area contributed by atoms with Crippen molar-refractivity contribution in [3.05, 3.63) is 59.7 Å². The Morgan fingerprint density at radius 1 is 1.16 bits per heavy atom. The number of hydrogen-bond acceptors (Lipinski definition) is 5. The SMILES string of the molecule is Cc1ccc(N2C(=O)C(SC(=S)Nc3ccccc3C)SC2=S)cc1. The Morgan fingerprint density at radius 2 is 1.84 bits per heavy atom. The summed E-state index contributed by atoms with van der Waals surface area (Å²) < 4.78 is 0.761. The number of benzene rings is 2. The fourth-order valence-electron chi connectivity index (χ4n) is 2.34. The first-order chi connectivity index (χ1) is 12.0. The van der Waals surface area contributed by atoms with Crippen molar-refractivity contribution < 1.29 is 4.79 Å². The van der Waals surface area contributed by atoms with Crippen molar-refractivity contribution in [3.8, 4) is 0 Å². The van der Waals surface area contributed by atoms with E-state index in [1.165, 1.54) is 23.5 Å². The monoisotopic (exact) mass is 404 g/mol. The number of aryl methyl sites for hydroxylation is 2. The molecule has 0 aliphatic carbocycles. The summed E-state index contributed by atoms with van der Waals surface area (Å²) in [6, 6.07) is 15.7. The van der Waals surface area contributed by atoms with Gasteiger partial charge < -0.3 is 5.32 Å². The second-order valence-electron chi connectivity index (χ2n) is 5.57. The second kappa shape index (κ2) is 7.86. The lowest BCUT2D eigenvalue weighted by Crippen LogP contribution is -2.30. The lowest BCUT2D eigenvalue weighted by molar-refractivity contribution is -0.115. The number of carbonyl (C=O) groups excluding carboxylic acids is 1. The van der Waals surface area contributed by atoms with Crippen molar-refractivity contribution in [2.45, 2.75) is 18.4 Å². The van der Waals surface area contributed by atoms with Gasteiger partial charge in [-0.2, -0.15) is 0 Å². The number of rotatable bonds is 3. The number of thiocarbonyl (C=S) groups is 2. The quantitative estimate of drug-likeness (QED) is 0.715. The molecule has 1 N–H and O–H groups in total. The molecule has 2 aromatic carbocycles. The third-order valence-corrected chi connectivity index (χ3v) is 6.67. The van der Waals surface area contributed by atoms with Gasteiger partial charge in [-0.15, -0.1) is 0 Å². The van der Waals surface area contributed by atoms with Gasteiger partial charge in [0.1, 0.15) is 13.2 Å². The summed E-state index contributed by atoms with van der Waals surface area (Å²) in [7, 11) is 0. The van der Waals surface area contributed by atoms with Crippen LogP contribution in [0.5, 0.6) is 0 Å². The first-order valence-corrected chi connectivity index (χ1v) is 10.2. The summed E-state index contributed by atoms with van der Waals surface area (Å²) in [6.07, 6.45) is 0. The molecule has 25 heavy (non-hydrogen) atoms. The van der Waals surface area contributed by atoms with Gasteiger partial charge in [-0.05, 0) is 37.6 Å². The van der Waals surface area contributed by atoms with Gasteiger partial charge >= 0.3 is 0 Å². The van der Waals surface area contributed by atoms with Crippen LogP contribution in [0.4, 0.5) is 11.4 Å². The van der Waals surface area contributed by atoms with Crippen LogP contribution in [0.2, 0.25) is 0 Å². The third kappa shape index (κ3) is 4.23. The van der Waals surface area contributed by atoms with E-state index in [-0.39, 0.29) is 10.5 Å². The minimum absolute atomic E-state index is 0.0437. The maximum Gasteiger partial charge on any atom is 0.256 e. The normalized spacial score (nSPS) is 17.0. The van der Waals surface area contributed by atoms with Crippen LogP contribution in [0.15, 0.2) is 48.5 Å². The summed E-state index contributed by atoms with van der Waals surface area (Å²) in [5, 5.41) is 3.20. The van der Waals surface area contributed by atoms with Crippen molar-refractivity contribution in [1.82, 2.24) is 0 Å². The zero-order chi connectivity index (χ0) is 18.0. The molecular weight excluding hydrogens is 388 g/mol. The Hall–Kier alpha value is -1.41. The summed E-state index contributed by atoms with van der Waals surface area (Å²) in [4.78, 5) is 14.4. The molecule has 1 amide bonds. The molecule has 0 saturated carbocycles. The fourth-order valence-corrected chi connectivity index (χ4v) is 5.60. The molecule has 3 nitrogen and oxygen atoms in total. The first-order valence-electron chi connectivity index (χ1n) is 7.60. The number of para-hydroxylation sites is 1. The molecule has 1 aliphatic rings. The molecule has 0 bridgehead atoms. The predicted molar refractivity (Wildman–Crippen MR) is 118 cm³/mol. The van der Waals surface area contributed by atoms with Crippen molar-refractivity contribution in [3.63, 3.8) is 0 Å². The van der Waals surface area contributed by atoms with Gasteiger partial charge in [0, 0.05) is 5.69 Å². The Labute approximate surface area is 166 Å². The molecule has 128 valence electrons. The molecule has 0 spiro atoms. The Bertz CT molecular complexity index is 835. The third-order valence-electron chi connectivity index (χ3n) is 3.70. The van der Waals surface area contributed by atoms with Gasteiger partial charge in [-0.1, -0.05) is 83.9 Å². The van der Waals surface area contributed by atoms with E-state index < -0.39 is 0 Å². The molecule has 2 aromatic rings. The molecular formula is C18H16N2OS4. The zero-order valence-corrected chi connectivity index (χ0v) is 17.0. The number of anilines is 2. The average molecular weight is 405 g/mol. The Kier molecular flexibility index (Phi) is 5.78. The maximum atomic E-state index is 12.8. The number of carbonyl (C=O) groups is 1. The highest BCUT2D eigenvalue weighted by molar-refractivity contribution is 8.38. The van der Waals surface area contributed by atoms with Crippen LogP contribution in [0, 0.1) is 13.8 Å². The van der Waals surface area contributed by atoms with Gasteiger partial charge in [0.2, 0.25) is 0 Å². The zero-order valence-electron chi connectivity index (χ0n) is 13.7. The minimum atomic E-state index is -0.363. The highest BCUT2D eigenvalue weighted by Gasteiger charge is 2.39. The Balaban J connectivity index is 1.69. The number of nitrogens with one attached hydrogen (secondary N) is 1. The van der Waals surface area contributed by atoms with Crippen LogP contribution >= 0.6 is 48.0 Å². The van der Waals surface area contributed by atoms with E-state index in [2.05, 4.69) is 5.32 Å². The average Bonchev–Trinajstić information content (AvgIpc) is 2.84. The lowest BCUT2D eigenvalue weighted by Gasteiger charge is -2.16. The topological polar surface area (TPSA) is 32.3 Å². The highest BCUT2D eigenvalue weighted by atomic mass is 32.2. The van der Waals surface area contributed by atoms with E-state index in [4.69, 9.17) is 24.4 Å². The van der Waals surface area contributed by atoms with Crippen LogP contribution < -0.4 is 10.2 Å². The van der Waals surface area contributed by atoms with Crippen molar-refractivity contribution in [1.29, 1.82) is 0 Å². The molecule has 1 heterocycles. The van der Waals surface area contributed by atoms with E-state index in [0.717, 1.165) is 22.5 Å². The van der Waals surface area contributed by atoms with Crippen molar-refractivity contribution in [2.24, 2.45) is 0 Å². The molecule has 7 heteroatoms. The highest BCUT2D eigenvalue weighted by Crippen LogP contribution is 2.38. The lowest BCUT2D eigenvalue weighted by atomic mass is 10.2. The molecule has 3 rings (SSSR count). The van der Waals surface area contributed by atoms with Gasteiger partial charge in [-0.3, -0.25) is 9.69 Å². The first kappa shape index (κ1) is 18.4. The number of nitrogens with zero attached hydrogens (tertiary/aromatic N) is 1. The van der Waals surface area contributed by atoms with E-state index in [0.29, 0.717) is 8.64 Å². The molecule has 1 atom stereocenters. The number of thioether (sulfide) groups is 2. The molecule has 1 aliphatic heterocycles. The molecule has 1 saturated heterocycles. The molecule has 0 radical (unpaired) electrons. The molecule has 1 unspecified atom stereocenters. The maximum absolute atomic E-state index is 12.8. The molecule has 1 fully saturated rings. The van der Waals surface area contributed by atoms with Crippen LogP contribution in [0.1, 0.15) is 11.1 Å². The largest absolute Gasteiger partial charge is 0.341 e. The number of hydrogen-bond donors (Lipinski definition) is 1. The van der Waals surface area contributed by atoms with Gasteiger partial charge in [-0.25, -0.2) is 0 Å². The summed E-state index contributed by atoms with van der Waals surface area (Å²) in [5.74, 6) is -0.0437. The van der Waals surface area contributed by atoms with Gasteiger partial charge in [0.25, 0.3) is 5.91 Å². The summed E-state index contributed by atoms with van der Waals surface area (Å²) in [5.41, 5.74) is 4.00. The standard InChI is InChI=1S/C18H16N2OS4/c1-11-7-9-13(10-8-11)20-15(21)16(25-18(20)23)24-17(22)19-14-6-4-3-5-12(14)2/h3-10,16H,1-2H3,(H,19,22). The fraction of sp³-hybridized carbons (Fsp3) is 0.167. The predicted octanol–water partition coefficient (Wildman–Crippen LogP) is 5.12. The summed E-state index contributed by atoms with van der Waals surface area (Å²) >= 11 is 13.5. The van der Waals surface area contributed by atoms with Gasteiger partial charge in [0.15, 0.2) is 0 Å². The summed E-state index contributed by atoms with van der Waals surface area (Å²) in [6.45, 7) is 4.02. The smallest absolute Gasteiger partial charge is 0.256 e.